The third kappa shape index (κ3) is 2.65. The Morgan fingerprint density at radius 3 is 2.72 bits per heavy atom. The van der Waals surface area contributed by atoms with Crippen LogP contribution in [0.5, 0.6) is 0 Å². The first-order valence-electron chi connectivity index (χ1n) is 5.87. The number of aryl methyl sites for hydroxylation is 1. The number of halogens is 2. The quantitative estimate of drug-likeness (QED) is 0.916. The average molecular weight is 312 g/mol. The largest absolute Gasteiger partial charge is 0.452 e. The molecule has 1 atom stereocenters. The van der Waals surface area contributed by atoms with Gasteiger partial charge in [0.25, 0.3) is 0 Å². The van der Waals surface area contributed by atoms with E-state index in [1.807, 2.05) is 25.1 Å². The zero-order valence-electron chi connectivity index (χ0n) is 10.3. The number of benzene rings is 1. The minimum Gasteiger partial charge on any atom is -0.452 e. The number of rotatable bonds is 4. The molecule has 0 fully saturated rings. The molecular weight excluding hydrogens is 297 g/mol. The smallest absolute Gasteiger partial charge is 0.169 e. The fourth-order valence-electron chi connectivity index (χ4n) is 1.94. The first-order chi connectivity index (χ1) is 8.63. The molecule has 4 heteroatoms. The molecule has 0 aliphatic rings. The van der Waals surface area contributed by atoms with Crippen LogP contribution in [-0.4, -0.2) is 6.54 Å². The molecule has 0 aliphatic carbocycles. The van der Waals surface area contributed by atoms with Gasteiger partial charge >= 0.3 is 0 Å². The van der Waals surface area contributed by atoms with Crippen molar-refractivity contribution in [1.29, 1.82) is 0 Å². The Bertz CT molecular complexity index is 538. The molecule has 18 heavy (non-hydrogen) atoms. The molecule has 1 N–H and O–H groups in total. The van der Waals surface area contributed by atoms with Crippen LogP contribution in [0.25, 0.3) is 0 Å². The summed E-state index contributed by atoms with van der Waals surface area (Å²) in [4.78, 5) is 0. The summed E-state index contributed by atoms with van der Waals surface area (Å²) in [5.41, 5.74) is 1.25. The highest BCUT2D eigenvalue weighted by molar-refractivity contribution is 9.10. The van der Waals surface area contributed by atoms with Gasteiger partial charge in [0.15, 0.2) is 4.67 Å². The van der Waals surface area contributed by atoms with E-state index in [1.165, 1.54) is 0 Å². The lowest BCUT2D eigenvalue weighted by atomic mass is 10.0. The van der Waals surface area contributed by atoms with E-state index < -0.39 is 0 Å². The van der Waals surface area contributed by atoms with Gasteiger partial charge in [-0.3, -0.25) is 0 Å². The molecule has 0 amide bonds. The zero-order valence-corrected chi connectivity index (χ0v) is 11.9. The van der Waals surface area contributed by atoms with Crippen LogP contribution in [0, 0.1) is 12.7 Å². The number of hydrogen-bond donors (Lipinski definition) is 1. The van der Waals surface area contributed by atoms with Gasteiger partial charge in [-0.2, -0.15) is 0 Å². The van der Waals surface area contributed by atoms with Crippen molar-refractivity contribution in [3.05, 3.63) is 57.7 Å². The summed E-state index contributed by atoms with van der Waals surface area (Å²) in [5.74, 6) is 0.518. The Hall–Kier alpha value is -1.13. The Balaban J connectivity index is 2.44. The predicted octanol–water partition coefficient (Wildman–Crippen LogP) is 4.19. The summed E-state index contributed by atoms with van der Waals surface area (Å²) >= 11 is 3.27. The lowest BCUT2D eigenvalue weighted by molar-refractivity contribution is 0.428. The summed E-state index contributed by atoms with van der Waals surface area (Å²) in [6.07, 6.45) is 0. The van der Waals surface area contributed by atoms with Crippen LogP contribution in [0.1, 0.15) is 29.9 Å². The molecule has 0 spiro atoms. The average Bonchev–Trinajstić information content (AvgIpc) is 2.77. The fraction of sp³-hybridized carbons (Fsp3) is 0.286. The van der Waals surface area contributed by atoms with Gasteiger partial charge in [0.1, 0.15) is 11.6 Å². The van der Waals surface area contributed by atoms with Gasteiger partial charge in [-0.1, -0.05) is 25.1 Å². The van der Waals surface area contributed by atoms with Crippen LogP contribution >= 0.6 is 15.9 Å². The van der Waals surface area contributed by atoms with E-state index in [-0.39, 0.29) is 11.9 Å². The van der Waals surface area contributed by atoms with Gasteiger partial charge in [0, 0.05) is 5.56 Å². The van der Waals surface area contributed by atoms with Crippen molar-refractivity contribution in [1.82, 2.24) is 5.32 Å². The highest BCUT2D eigenvalue weighted by Gasteiger charge is 2.20. The van der Waals surface area contributed by atoms with Crippen LogP contribution in [0.3, 0.4) is 0 Å². The molecule has 0 aliphatic heterocycles. The van der Waals surface area contributed by atoms with Gasteiger partial charge in [0.05, 0.1) is 6.04 Å². The summed E-state index contributed by atoms with van der Waals surface area (Å²) < 4.78 is 20.4. The first-order valence-corrected chi connectivity index (χ1v) is 6.66. The summed E-state index contributed by atoms with van der Waals surface area (Å²) in [6.45, 7) is 4.48. The van der Waals surface area contributed by atoms with E-state index in [9.17, 15) is 4.39 Å². The maximum atomic E-state index is 14.2. The van der Waals surface area contributed by atoms with Crippen molar-refractivity contribution in [3.8, 4) is 0 Å². The summed E-state index contributed by atoms with van der Waals surface area (Å²) in [7, 11) is 0. The minimum absolute atomic E-state index is 0.184. The van der Waals surface area contributed by atoms with Crippen molar-refractivity contribution in [3.63, 3.8) is 0 Å². The van der Waals surface area contributed by atoms with Gasteiger partial charge in [-0.15, -0.1) is 0 Å². The minimum atomic E-state index is -0.263. The lowest BCUT2D eigenvalue weighted by Gasteiger charge is -2.17. The Morgan fingerprint density at radius 1 is 1.33 bits per heavy atom. The molecule has 96 valence electrons. The predicted molar refractivity (Wildman–Crippen MR) is 73.1 cm³/mol. The van der Waals surface area contributed by atoms with Crippen LogP contribution in [-0.2, 0) is 0 Å². The molecule has 0 saturated heterocycles. The van der Waals surface area contributed by atoms with E-state index in [4.69, 9.17) is 4.42 Å². The van der Waals surface area contributed by atoms with Crippen molar-refractivity contribution in [2.75, 3.05) is 6.54 Å². The molecule has 2 aromatic rings. The Labute approximate surface area is 114 Å². The first kappa shape index (κ1) is 13.3. The van der Waals surface area contributed by atoms with Crippen molar-refractivity contribution >= 4 is 15.9 Å². The topological polar surface area (TPSA) is 25.2 Å². The molecule has 0 radical (unpaired) electrons. The normalized spacial score (nSPS) is 12.7. The molecule has 1 aromatic carbocycles. The third-order valence-corrected chi connectivity index (χ3v) is 3.25. The van der Waals surface area contributed by atoms with Gasteiger partial charge in [0.2, 0.25) is 0 Å². The van der Waals surface area contributed by atoms with Crippen LogP contribution in [0.15, 0.2) is 39.4 Å². The van der Waals surface area contributed by atoms with Gasteiger partial charge < -0.3 is 9.73 Å². The molecular formula is C14H15BrFNO. The highest BCUT2D eigenvalue weighted by atomic mass is 79.9. The van der Waals surface area contributed by atoms with Crippen LogP contribution in [0.4, 0.5) is 4.39 Å². The van der Waals surface area contributed by atoms with Crippen molar-refractivity contribution in [2.45, 2.75) is 19.9 Å². The zero-order chi connectivity index (χ0) is 13.1. The molecule has 0 bridgehead atoms. The molecule has 2 rings (SSSR count). The standard InChI is InChI=1S/C14H15BrFNO/c1-3-17-14(11-7-8-12(15)18-11)10-6-4-5-9(2)13(10)16/h4-8,14,17H,3H2,1-2H3. The number of hydrogen-bond acceptors (Lipinski definition) is 2. The third-order valence-electron chi connectivity index (χ3n) is 2.82. The lowest BCUT2D eigenvalue weighted by Crippen LogP contribution is -2.22. The molecule has 2 nitrogen and oxygen atoms in total. The number of furan rings is 1. The monoisotopic (exact) mass is 311 g/mol. The second kappa shape index (κ2) is 5.67. The highest BCUT2D eigenvalue weighted by Crippen LogP contribution is 2.28. The summed E-state index contributed by atoms with van der Waals surface area (Å²) in [5, 5.41) is 3.24. The van der Waals surface area contributed by atoms with E-state index >= 15 is 0 Å². The maximum absolute atomic E-state index is 14.2. The second-order valence-electron chi connectivity index (χ2n) is 4.11. The van der Waals surface area contributed by atoms with Crippen molar-refractivity contribution < 1.29 is 8.81 Å². The molecule has 0 saturated carbocycles. The molecule has 1 aromatic heterocycles. The van der Waals surface area contributed by atoms with E-state index in [2.05, 4.69) is 21.2 Å². The fourth-order valence-corrected chi connectivity index (χ4v) is 2.26. The molecule has 1 heterocycles. The summed E-state index contributed by atoms with van der Waals surface area (Å²) in [6, 6.07) is 8.80. The van der Waals surface area contributed by atoms with Gasteiger partial charge in [-0.05, 0) is 47.1 Å². The van der Waals surface area contributed by atoms with Crippen LogP contribution < -0.4 is 5.32 Å². The van der Waals surface area contributed by atoms with Crippen LogP contribution in [0.2, 0.25) is 0 Å². The van der Waals surface area contributed by atoms with E-state index in [0.29, 0.717) is 21.6 Å². The maximum Gasteiger partial charge on any atom is 0.169 e. The number of nitrogens with one attached hydrogen (secondary N) is 1. The van der Waals surface area contributed by atoms with Gasteiger partial charge in [-0.25, -0.2) is 4.39 Å². The van der Waals surface area contributed by atoms with E-state index in [1.54, 1.807) is 19.1 Å². The Kier molecular flexibility index (Phi) is 4.19. The molecule has 1 unspecified atom stereocenters. The second-order valence-corrected chi connectivity index (χ2v) is 4.89. The Morgan fingerprint density at radius 2 is 2.11 bits per heavy atom. The van der Waals surface area contributed by atoms with Crippen molar-refractivity contribution in [2.24, 2.45) is 0 Å². The SMILES string of the molecule is CCNC(c1ccc(Br)o1)c1cccc(C)c1F. The van der Waals surface area contributed by atoms with E-state index in [0.717, 1.165) is 6.54 Å².